The fraction of sp³-hybridized carbons (Fsp3) is 0.500. The van der Waals surface area contributed by atoms with Crippen LogP contribution in [0.4, 0.5) is 0 Å². The predicted octanol–water partition coefficient (Wildman–Crippen LogP) is 1.17. The third-order valence-electron chi connectivity index (χ3n) is 0.134. The Bertz CT molecular complexity index is 58.4. The van der Waals surface area contributed by atoms with E-state index in [4.69, 9.17) is 34.8 Å². The van der Waals surface area contributed by atoms with E-state index in [1.165, 1.54) is 0 Å². The van der Waals surface area contributed by atoms with Crippen molar-refractivity contribution < 1.29 is 4.79 Å². The molecule has 0 amide bonds. The second-order valence-electron chi connectivity index (χ2n) is 0.659. The quantitative estimate of drug-likeness (QED) is 0.315. The van der Waals surface area contributed by atoms with Crippen molar-refractivity contribution >= 4 is 92.5 Å². The molecule has 0 bridgehead atoms. The van der Waals surface area contributed by atoms with Crippen molar-refractivity contribution in [1.29, 1.82) is 0 Å². The van der Waals surface area contributed by atoms with E-state index in [1.54, 1.807) is 0 Å². The van der Waals surface area contributed by atoms with Gasteiger partial charge in [0.25, 0.3) is 0 Å². The van der Waals surface area contributed by atoms with Gasteiger partial charge >= 0.3 is 0 Å². The second-order valence-corrected chi connectivity index (χ2v) is 3.03. The van der Waals surface area contributed by atoms with E-state index in [1.807, 2.05) is 0 Å². The number of carbonyl (C=O) groups excluding carboxylic acids is 1. The molecule has 0 unspecified atom stereocenters. The first kappa shape index (κ1) is 11.9. The molecule has 0 saturated heterocycles. The topological polar surface area (TPSA) is 17.1 Å². The first-order chi connectivity index (χ1) is 2.56. The van der Waals surface area contributed by atoms with Crippen LogP contribution in [0.2, 0.25) is 0 Å². The van der Waals surface area contributed by atoms with Crippen LogP contribution in [-0.4, -0.2) is 61.5 Å². The second kappa shape index (κ2) is 5.00. The number of halogens is 3. The van der Waals surface area contributed by atoms with Gasteiger partial charge in [-0.3, -0.25) is 4.79 Å². The molecule has 0 heterocycles. The van der Waals surface area contributed by atoms with Crippen LogP contribution in [0, 0.1) is 0 Å². The molecule has 0 N–H and O–H groups in total. The molecule has 0 aliphatic rings. The van der Waals surface area contributed by atoms with Gasteiger partial charge in [0, 0.05) is 51.4 Å². The maximum absolute atomic E-state index is 9.43. The van der Waals surface area contributed by atoms with E-state index in [-0.39, 0.29) is 57.7 Å². The Morgan fingerprint density at radius 3 is 1.43 bits per heavy atom. The fourth-order valence-corrected chi connectivity index (χ4v) is 0. The standard InChI is InChI=1S/C2HCl3O.K/c3-2(4,5)1-6;/h1H;. The third kappa shape index (κ3) is 11.6. The SMILES string of the molecule is O=CC(Cl)(Cl)Cl.[K]. The van der Waals surface area contributed by atoms with Crippen molar-refractivity contribution in [3.8, 4) is 0 Å². The molecule has 0 aliphatic carbocycles. The number of hydrogen-bond acceptors (Lipinski definition) is 1. The summed E-state index contributed by atoms with van der Waals surface area (Å²) in [6.07, 6.45) is 0.234. The first-order valence-corrected chi connectivity index (χ1v) is 2.23. The Morgan fingerprint density at radius 2 is 1.43 bits per heavy atom. The van der Waals surface area contributed by atoms with Crippen molar-refractivity contribution in [1.82, 2.24) is 0 Å². The summed E-state index contributed by atoms with van der Waals surface area (Å²) >= 11 is 14.6. The van der Waals surface area contributed by atoms with Crippen LogP contribution in [-0.2, 0) is 4.79 Å². The number of carbonyl (C=O) groups is 1. The van der Waals surface area contributed by atoms with Gasteiger partial charge in [0.05, 0.1) is 0 Å². The van der Waals surface area contributed by atoms with E-state index >= 15 is 0 Å². The summed E-state index contributed by atoms with van der Waals surface area (Å²) in [4.78, 5) is 9.43. The zero-order valence-electron chi connectivity index (χ0n) is 3.62. The molecule has 0 saturated carbocycles. The smallest absolute Gasteiger partial charge is 0.245 e. The minimum absolute atomic E-state index is 0. The molecule has 5 heteroatoms. The molecule has 37 valence electrons. The summed E-state index contributed by atoms with van der Waals surface area (Å²) in [6.45, 7) is 0. The maximum atomic E-state index is 9.43. The van der Waals surface area contributed by atoms with Crippen molar-refractivity contribution in [3.63, 3.8) is 0 Å². The molecule has 0 aromatic carbocycles. The number of alkyl halides is 3. The molecule has 1 radical (unpaired) electrons. The Labute approximate surface area is 99.1 Å². The molecule has 0 aromatic rings. The molecule has 0 aromatic heterocycles. The van der Waals surface area contributed by atoms with Gasteiger partial charge in [-0.1, -0.05) is 34.8 Å². The zero-order valence-corrected chi connectivity index (χ0v) is 9.01. The van der Waals surface area contributed by atoms with Crippen LogP contribution in [0.15, 0.2) is 0 Å². The summed E-state index contributed by atoms with van der Waals surface area (Å²) in [5.41, 5.74) is 0. The molecule has 1 nitrogen and oxygen atoms in total. The molecule has 0 fully saturated rings. The summed E-state index contributed by atoms with van der Waals surface area (Å²) < 4.78 is -1.72. The molecular weight excluding hydrogens is 185 g/mol. The van der Waals surface area contributed by atoms with Gasteiger partial charge < -0.3 is 0 Å². The molecule has 0 aliphatic heterocycles. The fourth-order valence-electron chi connectivity index (χ4n) is 0. The van der Waals surface area contributed by atoms with Gasteiger partial charge in [0.15, 0.2) is 6.29 Å². The zero-order chi connectivity index (χ0) is 5.21. The Hall–Kier alpha value is 2.18. The van der Waals surface area contributed by atoms with Gasteiger partial charge in [-0.2, -0.15) is 0 Å². The van der Waals surface area contributed by atoms with Crippen molar-refractivity contribution in [2.24, 2.45) is 0 Å². The van der Waals surface area contributed by atoms with Crippen molar-refractivity contribution in [3.05, 3.63) is 0 Å². The van der Waals surface area contributed by atoms with Crippen LogP contribution in [0.1, 0.15) is 0 Å². The summed E-state index contributed by atoms with van der Waals surface area (Å²) in [7, 11) is 0. The van der Waals surface area contributed by atoms with Gasteiger partial charge in [0.2, 0.25) is 3.79 Å². The van der Waals surface area contributed by atoms with Crippen LogP contribution in [0.5, 0.6) is 0 Å². The predicted molar refractivity (Wildman–Crippen MR) is 32.1 cm³/mol. The number of rotatable bonds is 0. The molecular formula is C2HCl3KO. The minimum Gasteiger partial charge on any atom is -0.299 e. The van der Waals surface area contributed by atoms with E-state index in [2.05, 4.69) is 0 Å². The number of aldehydes is 1. The normalized spacial score (nSPS) is 9.57. The molecule has 7 heavy (non-hydrogen) atoms. The van der Waals surface area contributed by atoms with Gasteiger partial charge in [-0.15, -0.1) is 0 Å². The average Bonchev–Trinajstić information content (AvgIpc) is 1.35. The van der Waals surface area contributed by atoms with Crippen LogP contribution < -0.4 is 0 Å². The van der Waals surface area contributed by atoms with Crippen LogP contribution >= 0.6 is 34.8 Å². The average molecular weight is 186 g/mol. The van der Waals surface area contributed by atoms with E-state index in [9.17, 15) is 4.79 Å². The Morgan fingerprint density at radius 1 is 1.29 bits per heavy atom. The van der Waals surface area contributed by atoms with Gasteiger partial charge in [-0.25, -0.2) is 0 Å². The summed E-state index contributed by atoms with van der Waals surface area (Å²) in [6, 6.07) is 0. The Kier molecular flexibility index (Phi) is 8.51. The minimum atomic E-state index is -1.72. The Balaban J connectivity index is 0. The van der Waals surface area contributed by atoms with Crippen LogP contribution in [0.3, 0.4) is 0 Å². The summed E-state index contributed by atoms with van der Waals surface area (Å²) in [5.74, 6) is 0. The van der Waals surface area contributed by atoms with E-state index in [0.29, 0.717) is 0 Å². The van der Waals surface area contributed by atoms with Gasteiger partial charge in [-0.05, 0) is 0 Å². The largest absolute Gasteiger partial charge is 0.299 e. The maximum Gasteiger partial charge on any atom is 0.245 e. The molecule has 0 atom stereocenters. The monoisotopic (exact) mass is 185 g/mol. The number of hydrogen-bond donors (Lipinski definition) is 0. The van der Waals surface area contributed by atoms with E-state index in [0.717, 1.165) is 0 Å². The van der Waals surface area contributed by atoms with E-state index < -0.39 is 3.79 Å². The van der Waals surface area contributed by atoms with Crippen molar-refractivity contribution in [2.75, 3.05) is 0 Å². The summed E-state index contributed by atoms with van der Waals surface area (Å²) in [5, 5.41) is 0. The van der Waals surface area contributed by atoms with Crippen LogP contribution in [0.25, 0.3) is 0 Å². The first-order valence-electron chi connectivity index (χ1n) is 1.09. The van der Waals surface area contributed by atoms with Gasteiger partial charge in [0.1, 0.15) is 0 Å². The molecule has 0 rings (SSSR count). The van der Waals surface area contributed by atoms with Crippen molar-refractivity contribution in [2.45, 2.75) is 3.79 Å². The third-order valence-corrected chi connectivity index (χ3v) is 0.401. The molecule has 0 spiro atoms.